The van der Waals surface area contributed by atoms with Gasteiger partial charge in [-0.1, -0.05) is 22.9 Å². The number of aromatic nitrogens is 1. The Labute approximate surface area is 175 Å². The number of anilines is 1. The zero-order valence-electron chi connectivity index (χ0n) is 17.4. The van der Waals surface area contributed by atoms with E-state index in [0.717, 1.165) is 22.4 Å². The highest BCUT2D eigenvalue weighted by atomic mass is 16.5. The van der Waals surface area contributed by atoms with Gasteiger partial charge in [-0.2, -0.15) is 0 Å². The lowest BCUT2D eigenvalue weighted by Gasteiger charge is -2.10. The molecule has 7 nitrogen and oxygen atoms in total. The Bertz CT molecular complexity index is 1030. The van der Waals surface area contributed by atoms with E-state index >= 15 is 0 Å². The molecule has 7 heteroatoms. The van der Waals surface area contributed by atoms with E-state index in [-0.39, 0.29) is 6.61 Å². The quantitative estimate of drug-likeness (QED) is 0.587. The molecule has 0 aliphatic heterocycles. The van der Waals surface area contributed by atoms with Crippen LogP contribution in [0, 0.1) is 27.7 Å². The minimum absolute atomic E-state index is 0.323. The maximum atomic E-state index is 12.2. The van der Waals surface area contributed by atoms with Crippen molar-refractivity contribution in [2.75, 3.05) is 11.9 Å². The van der Waals surface area contributed by atoms with Crippen LogP contribution in [0.25, 0.3) is 0 Å². The Morgan fingerprint density at radius 1 is 1.03 bits per heavy atom. The number of amides is 1. The first-order chi connectivity index (χ1) is 14.3. The molecule has 0 aliphatic carbocycles. The van der Waals surface area contributed by atoms with Gasteiger partial charge in [0, 0.05) is 5.69 Å². The Balaban J connectivity index is 1.50. The predicted octanol–water partition coefficient (Wildman–Crippen LogP) is 4.28. The molecule has 0 aliphatic rings. The average Bonchev–Trinajstić information content (AvgIpc) is 3.04. The van der Waals surface area contributed by atoms with Gasteiger partial charge in [0.2, 0.25) is 0 Å². The third-order valence-corrected chi connectivity index (χ3v) is 4.64. The van der Waals surface area contributed by atoms with E-state index in [1.807, 2.05) is 45.9 Å². The molecule has 1 amide bonds. The second-order valence-corrected chi connectivity index (χ2v) is 7.06. The molecule has 1 N–H and O–H groups in total. The number of benzene rings is 2. The molecule has 0 saturated carbocycles. The number of carbonyl (C=O) groups excluding carboxylic acids is 2. The Morgan fingerprint density at radius 3 is 2.40 bits per heavy atom. The number of nitrogens with one attached hydrogen (secondary N) is 1. The van der Waals surface area contributed by atoms with Crippen LogP contribution < -0.4 is 10.1 Å². The van der Waals surface area contributed by atoms with Gasteiger partial charge in [-0.3, -0.25) is 4.79 Å². The van der Waals surface area contributed by atoms with Crippen LogP contribution >= 0.6 is 0 Å². The van der Waals surface area contributed by atoms with Crippen LogP contribution in [0.2, 0.25) is 0 Å². The Hall–Kier alpha value is -3.61. The maximum absolute atomic E-state index is 12.2. The van der Waals surface area contributed by atoms with E-state index in [4.69, 9.17) is 14.0 Å². The van der Waals surface area contributed by atoms with Crippen molar-refractivity contribution in [2.24, 2.45) is 0 Å². The first-order valence-corrected chi connectivity index (χ1v) is 9.52. The van der Waals surface area contributed by atoms with Gasteiger partial charge in [0.1, 0.15) is 18.1 Å². The van der Waals surface area contributed by atoms with Crippen molar-refractivity contribution in [1.29, 1.82) is 0 Å². The summed E-state index contributed by atoms with van der Waals surface area (Å²) in [4.78, 5) is 24.3. The highest BCUT2D eigenvalue weighted by Gasteiger charge is 2.13. The topological polar surface area (TPSA) is 90.7 Å². The standard InChI is InChI=1S/C23H24N2O5/c1-14-5-10-21(15(2)11-14)24-22(26)13-29-23(27)18-6-8-19(9-7-18)28-12-20-16(3)25-30-17(20)4/h5-11H,12-13H2,1-4H3,(H,24,26). The number of aryl methyl sites for hydroxylation is 4. The Morgan fingerprint density at radius 2 is 1.77 bits per heavy atom. The summed E-state index contributed by atoms with van der Waals surface area (Å²) in [6, 6.07) is 12.2. The van der Waals surface area contributed by atoms with Crippen molar-refractivity contribution < 1.29 is 23.6 Å². The molecular weight excluding hydrogens is 384 g/mol. The molecule has 1 heterocycles. The van der Waals surface area contributed by atoms with Crippen LogP contribution in [0.15, 0.2) is 47.0 Å². The molecule has 0 spiro atoms. The third kappa shape index (κ3) is 5.26. The molecule has 3 rings (SSSR count). The van der Waals surface area contributed by atoms with Crippen LogP contribution in [-0.2, 0) is 16.1 Å². The monoisotopic (exact) mass is 408 g/mol. The highest BCUT2D eigenvalue weighted by molar-refractivity contribution is 5.95. The summed E-state index contributed by atoms with van der Waals surface area (Å²) in [5.41, 5.74) is 4.76. The average molecular weight is 408 g/mol. The van der Waals surface area contributed by atoms with Gasteiger partial charge in [0.15, 0.2) is 6.61 Å². The summed E-state index contributed by atoms with van der Waals surface area (Å²) >= 11 is 0. The molecule has 1 aromatic heterocycles. The van der Waals surface area contributed by atoms with Crippen molar-refractivity contribution in [3.63, 3.8) is 0 Å². The van der Waals surface area contributed by atoms with Crippen LogP contribution in [-0.4, -0.2) is 23.6 Å². The molecular formula is C23H24N2O5. The Kier molecular flexibility index (Phi) is 6.51. The largest absolute Gasteiger partial charge is 0.489 e. The molecule has 3 aromatic rings. The first kappa shape index (κ1) is 21.1. The minimum Gasteiger partial charge on any atom is -0.489 e. The number of carbonyl (C=O) groups is 2. The first-order valence-electron chi connectivity index (χ1n) is 9.52. The van der Waals surface area contributed by atoms with Crippen LogP contribution in [0.5, 0.6) is 5.75 Å². The van der Waals surface area contributed by atoms with E-state index in [9.17, 15) is 9.59 Å². The summed E-state index contributed by atoms with van der Waals surface area (Å²) in [5.74, 6) is 0.337. The van der Waals surface area contributed by atoms with Crippen molar-refractivity contribution in [3.8, 4) is 5.75 Å². The maximum Gasteiger partial charge on any atom is 0.338 e. The molecule has 2 aromatic carbocycles. The summed E-state index contributed by atoms with van der Waals surface area (Å²) < 4.78 is 15.9. The molecule has 0 radical (unpaired) electrons. The number of esters is 1. The number of ether oxygens (including phenoxy) is 2. The smallest absolute Gasteiger partial charge is 0.338 e. The molecule has 0 atom stereocenters. The van der Waals surface area contributed by atoms with Gasteiger partial charge in [-0.25, -0.2) is 4.79 Å². The molecule has 156 valence electrons. The van der Waals surface area contributed by atoms with Gasteiger partial charge in [0.05, 0.1) is 16.8 Å². The predicted molar refractivity (Wildman–Crippen MR) is 112 cm³/mol. The van der Waals surface area contributed by atoms with Crippen molar-refractivity contribution >= 4 is 17.6 Å². The van der Waals surface area contributed by atoms with Crippen LogP contribution in [0.4, 0.5) is 5.69 Å². The lowest BCUT2D eigenvalue weighted by molar-refractivity contribution is -0.119. The number of hydrogen-bond acceptors (Lipinski definition) is 6. The SMILES string of the molecule is Cc1ccc(NC(=O)COC(=O)c2ccc(OCc3c(C)noc3C)cc2)c(C)c1. The number of rotatable bonds is 7. The normalized spacial score (nSPS) is 10.5. The summed E-state index contributed by atoms with van der Waals surface area (Å²) in [5, 5.41) is 6.63. The number of nitrogens with zero attached hydrogens (tertiary/aromatic N) is 1. The molecule has 0 bridgehead atoms. The van der Waals surface area contributed by atoms with Crippen molar-refractivity contribution in [1.82, 2.24) is 5.16 Å². The molecule has 0 saturated heterocycles. The van der Waals surface area contributed by atoms with Crippen molar-refractivity contribution in [2.45, 2.75) is 34.3 Å². The third-order valence-electron chi connectivity index (χ3n) is 4.64. The highest BCUT2D eigenvalue weighted by Crippen LogP contribution is 2.19. The van der Waals surface area contributed by atoms with E-state index in [0.29, 0.717) is 29.4 Å². The number of hydrogen-bond donors (Lipinski definition) is 1. The van der Waals surface area contributed by atoms with Gasteiger partial charge >= 0.3 is 5.97 Å². The molecule has 0 fully saturated rings. The van der Waals surface area contributed by atoms with Crippen LogP contribution in [0.3, 0.4) is 0 Å². The molecule has 30 heavy (non-hydrogen) atoms. The van der Waals surface area contributed by atoms with Gasteiger partial charge in [-0.15, -0.1) is 0 Å². The summed E-state index contributed by atoms with van der Waals surface area (Å²) in [6.07, 6.45) is 0. The zero-order valence-corrected chi connectivity index (χ0v) is 17.4. The fraction of sp³-hybridized carbons (Fsp3) is 0.261. The van der Waals surface area contributed by atoms with E-state index in [1.165, 1.54) is 0 Å². The van der Waals surface area contributed by atoms with Gasteiger partial charge in [-0.05, 0) is 63.6 Å². The fourth-order valence-electron chi connectivity index (χ4n) is 2.91. The van der Waals surface area contributed by atoms with E-state index in [1.54, 1.807) is 24.3 Å². The second-order valence-electron chi connectivity index (χ2n) is 7.06. The van der Waals surface area contributed by atoms with E-state index in [2.05, 4.69) is 10.5 Å². The summed E-state index contributed by atoms with van der Waals surface area (Å²) in [7, 11) is 0. The van der Waals surface area contributed by atoms with Crippen LogP contribution in [0.1, 0.15) is 38.5 Å². The van der Waals surface area contributed by atoms with Gasteiger partial charge < -0.3 is 19.3 Å². The van der Waals surface area contributed by atoms with Crippen molar-refractivity contribution in [3.05, 3.63) is 76.2 Å². The zero-order chi connectivity index (χ0) is 21.7. The lowest BCUT2D eigenvalue weighted by Crippen LogP contribution is -2.21. The summed E-state index contributed by atoms with van der Waals surface area (Å²) in [6.45, 7) is 7.52. The second kappa shape index (κ2) is 9.26. The minimum atomic E-state index is -0.581. The molecule has 0 unspecified atom stereocenters. The lowest BCUT2D eigenvalue weighted by atomic mass is 10.1. The fourth-order valence-corrected chi connectivity index (χ4v) is 2.91. The van der Waals surface area contributed by atoms with Gasteiger partial charge in [0.25, 0.3) is 5.91 Å². The van der Waals surface area contributed by atoms with E-state index < -0.39 is 11.9 Å².